The molecule has 6 aromatic rings. The van der Waals surface area contributed by atoms with Crippen LogP contribution in [0.2, 0.25) is 0 Å². The zero-order chi connectivity index (χ0) is 37.5. The molecule has 0 unspecified atom stereocenters. The molecule has 0 aromatic heterocycles. The lowest BCUT2D eigenvalue weighted by molar-refractivity contribution is 0.590. The monoisotopic (exact) mass is 684 g/mol. The summed E-state index contributed by atoms with van der Waals surface area (Å²) in [5.74, 6) is 0. The van der Waals surface area contributed by atoms with Gasteiger partial charge in [0.15, 0.2) is 0 Å². The molecule has 0 amide bonds. The molecule has 0 radical (unpaired) electrons. The molecule has 0 aliphatic carbocycles. The minimum Gasteiger partial charge on any atom is -0.310 e. The van der Waals surface area contributed by atoms with E-state index in [0.717, 1.165) is 11.4 Å². The number of nitrogens with zero attached hydrogens (tertiary/aromatic N) is 2. The summed E-state index contributed by atoms with van der Waals surface area (Å²) in [7, 11) is 0. The van der Waals surface area contributed by atoms with E-state index in [0.29, 0.717) is 0 Å². The Hall–Kier alpha value is -5.08. The molecule has 0 aliphatic rings. The zero-order valence-corrected chi connectivity index (χ0v) is 33.4. The molecule has 0 bridgehead atoms. The van der Waals surface area contributed by atoms with Crippen molar-refractivity contribution in [1.82, 2.24) is 0 Å². The largest absolute Gasteiger partial charge is 0.310 e. The molecule has 0 spiro atoms. The van der Waals surface area contributed by atoms with E-state index in [1.807, 2.05) is 0 Å². The van der Waals surface area contributed by atoms with Gasteiger partial charge in [0.05, 0.1) is 0 Å². The van der Waals surface area contributed by atoms with E-state index in [1.165, 1.54) is 78.4 Å². The topological polar surface area (TPSA) is 6.48 Å². The van der Waals surface area contributed by atoms with Gasteiger partial charge in [-0.15, -0.1) is 0 Å². The lowest BCUT2D eigenvalue weighted by atomic mass is 9.87. The Kier molecular flexibility index (Phi) is 9.99. The molecule has 0 saturated carbocycles. The molecule has 2 nitrogen and oxygen atoms in total. The molecule has 2 heteroatoms. The highest BCUT2D eigenvalue weighted by atomic mass is 15.2. The Balaban J connectivity index is 1.40. The maximum Gasteiger partial charge on any atom is 0.0491 e. The molecule has 0 N–H and O–H groups in total. The number of hydrogen-bond donors (Lipinski definition) is 0. The SMILES string of the molecule is Cc1ccc(N(c2ccc(C(C)(C)C)cc2)c2ccc(-c3ccc(N(c4ccc(C(C)(C)C)cc4)c4ccc(C)cc4C)c(C)c3)cc2C)c(C)c1. The molecule has 266 valence electrons. The second-order valence-corrected chi connectivity index (χ2v) is 16.8. The van der Waals surface area contributed by atoms with Crippen LogP contribution in [-0.4, -0.2) is 0 Å². The van der Waals surface area contributed by atoms with Gasteiger partial charge in [0.1, 0.15) is 0 Å². The Morgan fingerprint density at radius 2 is 0.615 bits per heavy atom. The van der Waals surface area contributed by atoms with E-state index >= 15 is 0 Å². The molecule has 0 fully saturated rings. The van der Waals surface area contributed by atoms with Crippen LogP contribution in [0.25, 0.3) is 11.1 Å². The smallest absolute Gasteiger partial charge is 0.0491 e. The van der Waals surface area contributed by atoms with Crippen LogP contribution >= 0.6 is 0 Å². The van der Waals surface area contributed by atoms with Crippen LogP contribution in [0, 0.1) is 41.5 Å². The van der Waals surface area contributed by atoms with Crippen molar-refractivity contribution in [2.75, 3.05) is 9.80 Å². The average Bonchev–Trinajstić information content (AvgIpc) is 3.08. The minimum atomic E-state index is 0.0985. The first-order valence-electron chi connectivity index (χ1n) is 18.7. The summed E-state index contributed by atoms with van der Waals surface area (Å²) in [5, 5.41) is 0. The van der Waals surface area contributed by atoms with Crippen molar-refractivity contribution >= 4 is 34.1 Å². The molecule has 0 saturated heterocycles. The average molecular weight is 685 g/mol. The predicted octanol–water partition coefficient (Wildman–Crippen LogP) is 14.7. The third-order valence-electron chi connectivity index (χ3n) is 10.4. The number of anilines is 6. The Bertz CT molecular complexity index is 2050. The van der Waals surface area contributed by atoms with Crippen LogP contribution in [0.1, 0.15) is 86.1 Å². The Labute approximate surface area is 313 Å². The summed E-state index contributed by atoms with van der Waals surface area (Å²) in [6.45, 7) is 26.9. The van der Waals surface area contributed by atoms with Gasteiger partial charge < -0.3 is 9.80 Å². The first kappa shape index (κ1) is 36.7. The van der Waals surface area contributed by atoms with Gasteiger partial charge in [-0.1, -0.05) is 113 Å². The van der Waals surface area contributed by atoms with Crippen molar-refractivity contribution < 1.29 is 0 Å². The fourth-order valence-electron chi connectivity index (χ4n) is 7.32. The highest BCUT2D eigenvalue weighted by molar-refractivity contribution is 5.84. The molecule has 6 rings (SSSR count). The van der Waals surface area contributed by atoms with E-state index in [2.05, 4.69) is 214 Å². The van der Waals surface area contributed by atoms with E-state index in [9.17, 15) is 0 Å². The predicted molar refractivity (Wildman–Crippen MR) is 227 cm³/mol. The first-order chi connectivity index (χ1) is 24.5. The van der Waals surface area contributed by atoms with E-state index in [1.54, 1.807) is 0 Å². The van der Waals surface area contributed by atoms with Crippen molar-refractivity contribution in [1.29, 1.82) is 0 Å². The minimum absolute atomic E-state index is 0.0985. The van der Waals surface area contributed by atoms with Gasteiger partial charge in [-0.25, -0.2) is 0 Å². The number of rotatable bonds is 7. The van der Waals surface area contributed by atoms with Crippen molar-refractivity contribution in [3.63, 3.8) is 0 Å². The summed E-state index contributed by atoms with van der Waals surface area (Å²) in [6, 6.07) is 45.5. The van der Waals surface area contributed by atoms with Crippen LogP contribution in [0.15, 0.2) is 121 Å². The Morgan fingerprint density at radius 3 is 0.885 bits per heavy atom. The third kappa shape index (κ3) is 7.58. The maximum absolute atomic E-state index is 2.42. The van der Waals surface area contributed by atoms with E-state index in [-0.39, 0.29) is 10.8 Å². The molecular weight excluding hydrogens is 629 g/mol. The van der Waals surface area contributed by atoms with E-state index < -0.39 is 0 Å². The van der Waals surface area contributed by atoms with E-state index in [4.69, 9.17) is 0 Å². The van der Waals surface area contributed by atoms with Crippen LogP contribution < -0.4 is 9.80 Å². The second-order valence-electron chi connectivity index (χ2n) is 16.8. The van der Waals surface area contributed by atoms with Crippen molar-refractivity contribution in [2.45, 2.75) is 93.9 Å². The van der Waals surface area contributed by atoms with Gasteiger partial charge in [-0.2, -0.15) is 0 Å². The van der Waals surface area contributed by atoms with Gasteiger partial charge >= 0.3 is 0 Å². The number of aryl methyl sites for hydroxylation is 6. The second kappa shape index (κ2) is 14.2. The van der Waals surface area contributed by atoms with Crippen molar-refractivity contribution in [2.24, 2.45) is 0 Å². The standard InChI is InChI=1S/C50H56N2/c1-33-13-25-45(35(3)29-33)51(43-21-17-41(18-22-43)49(7,8)9)47-27-15-39(31-37(47)5)40-16-28-48(38(6)32-40)52(46-26-14-34(2)30-36(46)4)44-23-19-42(20-24-44)50(10,11)12/h13-32H,1-12H3. The first-order valence-corrected chi connectivity index (χ1v) is 18.7. The molecule has 52 heavy (non-hydrogen) atoms. The number of benzene rings is 6. The molecule has 6 aromatic carbocycles. The quantitative estimate of drug-likeness (QED) is 0.165. The highest BCUT2D eigenvalue weighted by Crippen LogP contribution is 2.43. The highest BCUT2D eigenvalue weighted by Gasteiger charge is 2.22. The maximum atomic E-state index is 2.42. The van der Waals surface area contributed by atoms with Crippen LogP contribution in [-0.2, 0) is 10.8 Å². The normalized spacial score (nSPS) is 11.8. The lowest BCUT2D eigenvalue weighted by Crippen LogP contribution is -2.15. The molecular formula is C50H56N2. The van der Waals surface area contributed by atoms with Gasteiger partial charge in [-0.05, 0) is 158 Å². The summed E-state index contributed by atoms with van der Waals surface area (Å²) < 4.78 is 0. The summed E-state index contributed by atoms with van der Waals surface area (Å²) >= 11 is 0. The lowest BCUT2D eigenvalue weighted by Gasteiger charge is -2.30. The van der Waals surface area contributed by atoms with Crippen molar-refractivity contribution in [3.05, 3.63) is 166 Å². The summed E-state index contributed by atoms with van der Waals surface area (Å²) in [5.41, 5.74) is 19.9. The zero-order valence-electron chi connectivity index (χ0n) is 33.4. The van der Waals surface area contributed by atoms with Gasteiger partial charge in [0.25, 0.3) is 0 Å². The summed E-state index contributed by atoms with van der Waals surface area (Å²) in [4.78, 5) is 4.84. The Morgan fingerprint density at radius 1 is 0.327 bits per heavy atom. The molecule has 0 heterocycles. The van der Waals surface area contributed by atoms with Crippen LogP contribution in [0.5, 0.6) is 0 Å². The van der Waals surface area contributed by atoms with Crippen molar-refractivity contribution in [3.8, 4) is 11.1 Å². The fourth-order valence-corrected chi connectivity index (χ4v) is 7.32. The third-order valence-corrected chi connectivity index (χ3v) is 10.4. The van der Waals surface area contributed by atoms with Crippen LogP contribution in [0.3, 0.4) is 0 Å². The number of hydrogen-bond acceptors (Lipinski definition) is 2. The van der Waals surface area contributed by atoms with Gasteiger partial charge in [0, 0.05) is 34.1 Å². The molecule has 0 aliphatic heterocycles. The summed E-state index contributed by atoms with van der Waals surface area (Å²) in [6.07, 6.45) is 0. The van der Waals surface area contributed by atoms with Gasteiger partial charge in [0.2, 0.25) is 0 Å². The van der Waals surface area contributed by atoms with Gasteiger partial charge in [-0.3, -0.25) is 0 Å². The molecule has 0 atom stereocenters. The van der Waals surface area contributed by atoms with Crippen LogP contribution in [0.4, 0.5) is 34.1 Å². The fraction of sp³-hybridized carbons (Fsp3) is 0.280.